The molecule has 0 spiro atoms. The average molecular weight is 446 g/mol. The third-order valence-corrected chi connectivity index (χ3v) is 6.67. The van der Waals surface area contributed by atoms with Crippen molar-refractivity contribution in [2.24, 2.45) is 10.4 Å². The SMILES string of the molecule is CN=C(NCC1(C(=O)N(C)C)CCCC1)NC1CCN(Cc2cc(OC)cc(OC)c2)C1. The highest BCUT2D eigenvalue weighted by molar-refractivity contribution is 5.85. The molecule has 1 unspecified atom stereocenters. The average Bonchev–Trinajstić information content (AvgIpc) is 3.45. The summed E-state index contributed by atoms with van der Waals surface area (Å²) >= 11 is 0. The number of rotatable bonds is 8. The van der Waals surface area contributed by atoms with Crippen LogP contribution >= 0.6 is 0 Å². The molecule has 2 aliphatic rings. The zero-order chi connectivity index (χ0) is 23.1. The molecule has 1 saturated heterocycles. The van der Waals surface area contributed by atoms with Crippen LogP contribution in [0, 0.1) is 5.41 Å². The van der Waals surface area contributed by atoms with E-state index in [1.165, 1.54) is 5.56 Å². The van der Waals surface area contributed by atoms with E-state index < -0.39 is 0 Å². The van der Waals surface area contributed by atoms with Gasteiger partial charge in [-0.2, -0.15) is 0 Å². The van der Waals surface area contributed by atoms with Crippen LogP contribution in [-0.2, 0) is 11.3 Å². The van der Waals surface area contributed by atoms with E-state index in [4.69, 9.17) is 9.47 Å². The molecule has 0 radical (unpaired) electrons. The van der Waals surface area contributed by atoms with Gasteiger partial charge in [0.1, 0.15) is 11.5 Å². The Bertz CT molecular complexity index is 783. The number of benzene rings is 1. The lowest BCUT2D eigenvalue weighted by molar-refractivity contribution is -0.138. The topological polar surface area (TPSA) is 78.4 Å². The number of carbonyl (C=O) groups excluding carboxylic acids is 1. The van der Waals surface area contributed by atoms with Crippen LogP contribution in [0.5, 0.6) is 11.5 Å². The summed E-state index contributed by atoms with van der Waals surface area (Å²) in [5, 5.41) is 7.01. The molecule has 1 amide bonds. The lowest BCUT2D eigenvalue weighted by Crippen LogP contribution is -2.51. The van der Waals surface area contributed by atoms with Crippen molar-refractivity contribution >= 4 is 11.9 Å². The number of nitrogens with zero attached hydrogens (tertiary/aromatic N) is 3. The Balaban J connectivity index is 1.53. The van der Waals surface area contributed by atoms with Crippen molar-refractivity contribution < 1.29 is 14.3 Å². The summed E-state index contributed by atoms with van der Waals surface area (Å²) in [7, 11) is 8.84. The standard InChI is InChI=1S/C24H39N5O3/c1-25-23(26-17-24(9-6-7-10-24)22(30)28(2)3)27-19-8-11-29(16-19)15-18-12-20(31-4)14-21(13-18)32-5/h12-14,19H,6-11,15-17H2,1-5H3,(H2,25,26,27). The van der Waals surface area contributed by atoms with Crippen LogP contribution in [0.4, 0.5) is 0 Å². The number of hydrogen-bond acceptors (Lipinski definition) is 5. The number of hydrogen-bond donors (Lipinski definition) is 2. The summed E-state index contributed by atoms with van der Waals surface area (Å²) in [6.45, 7) is 3.42. The van der Waals surface area contributed by atoms with Crippen LogP contribution in [0.15, 0.2) is 23.2 Å². The Morgan fingerprint density at radius 3 is 2.41 bits per heavy atom. The van der Waals surface area contributed by atoms with Crippen LogP contribution in [0.1, 0.15) is 37.7 Å². The first-order valence-corrected chi connectivity index (χ1v) is 11.5. The highest BCUT2D eigenvalue weighted by Crippen LogP contribution is 2.38. The minimum Gasteiger partial charge on any atom is -0.497 e. The van der Waals surface area contributed by atoms with Gasteiger partial charge >= 0.3 is 0 Å². The van der Waals surface area contributed by atoms with Gasteiger partial charge in [-0.1, -0.05) is 12.8 Å². The summed E-state index contributed by atoms with van der Waals surface area (Å²) in [5.41, 5.74) is 0.864. The molecular weight excluding hydrogens is 406 g/mol. The summed E-state index contributed by atoms with van der Waals surface area (Å²) in [6.07, 6.45) is 5.15. The monoisotopic (exact) mass is 445 g/mol. The molecule has 3 rings (SSSR count). The fraction of sp³-hybridized carbons (Fsp3) is 0.667. The largest absolute Gasteiger partial charge is 0.497 e. The lowest BCUT2D eigenvalue weighted by Gasteiger charge is -2.31. The second kappa shape index (κ2) is 10.9. The molecule has 2 fully saturated rings. The molecule has 178 valence electrons. The molecule has 8 nitrogen and oxygen atoms in total. The predicted octanol–water partition coefficient (Wildman–Crippen LogP) is 2.09. The molecule has 0 aromatic heterocycles. The summed E-state index contributed by atoms with van der Waals surface area (Å²) in [4.78, 5) is 21.4. The zero-order valence-corrected chi connectivity index (χ0v) is 20.2. The van der Waals surface area contributed by atoms with Gasteiger partial charge in [-0.05, 0) is 37.0 Å². The second-order valence-corrected chi connectivity index (χ2v) is 9.20. The molecule has 1 saturated carbocycles. The van der Waals surface area contributed by atoms with Gasteiger partial charge < -0.3 is 25.0 Å². The van der Waals surface area contributed by atoms with Gasteiger partial charge in [0.15, 0.2) is 5.96 Å². The van der Waals surface area contributed by atoms with Crippen LogP contribution in [0.2, 0.25) is 0 Å². The number of ether oxygens (including phenoxy) is 2. The minimum absolute atomic E-state index is 0.221. The maximum absolute atomic E-state index is 12.8. The Morgan fingerprint density at radius 2 is 1.84 bits per heavy atom. The number of methoxy groups -OCH3 is 2. The van der Waals surface area contributed by atoms with Gasteiger partial charge in [0.2, 0.25) is 5.91 Å². The Hall–Kier alpha value is -2.48. The smallest absolute Gasteiger partial charge is 0.230 e. The van der Waals surface area contributed by atoms with Crippen molar-refractivity contribution in [2.45, 2.75) is 44.7 Å². The number of nitrogens with one attached hydrogen (secondary N) is 2. The van der Waals surface area contributed by atoms with Crippen molar-refractivity contribution in [1.82, 2.24) is 20.4 Å². The Kier molecular flexibility index (Phi) is 8.23. The van der Waals surface area contributed by atoms with E-state index in [2.05, 4.69) is 32.7 Å². The summed E-state index contributed by atoms with van der Waals surface area (Å²) in [5.74, 6) is 2.62. The third-order valence-electron chi connectivity index (χ3n) is 6.67. The Labute approximate surface area is 192 Å². The maximum Gasteiger partial charge on any atom is 0.230 e. The highest BCUT2D eigenvalue weighted by Gasteiger charge is 2.42. The van der Waals surface area contributed by atoms with E-state index in [1.807, 2.05) is 20.2 Å². The number of carbonyl (C=O) groups is 1. The van der Waals surface area contributed by atoms with Gasteiger partial charge in [0.25, 0.3) is 0 Å². The lowest BCUT2D eigenvalue weighted by atomic mass is 9.84. The molecular formula is C24H39N5O3. The normalized spacial score (nSPS) is 20.8. The van der Waals surface area contributed by atoms with Gasteiger partial charge in [-0.25, -0.2) is 0 Å². The van der Waals surface area contributed by atoms with Gasteiger partial charge in [0, 0.05) is 59.4 Å². The summed E-state index contributed by atoms with van der Waals surface area (Å²) in [6, 6.07) is 6.34. The first-order valence-electron chi connectivity index (χ1n) is 11.5. The molecule has 1 aliphatic carbocycles. The van der Waals surface area contributed by atoms with Crippen molar-refractivity contribution in [3.05, 3.63) is 23.8 Å². The molecule has 1 atom stereocenters. The molecule has 0 bridgehead atoms. The number of amides is 1. The van der Waals surface area contributed by atoms with Crippen LogP contribution in [-0.4, -0.2) is 82.7 Å². The molecule has 1 heterocycles. The quantitative estimate of drug-likeness (QED) is 0.471. The summed E-state index contributed by atoms with van der Waals surface area (Å²) < 4.78 is 10.8. The van der Waals surface area contributed by atoms with E-state index in [1.54, 1.807) is 26.2 Å². The van der Waals surface area contributed by atoms with Gasteiger partial charge in [-0.15, -0.1) is 0 Å². The van der Waals surface area contributed by atoms with Crippen molar-refractivity contribution in [3.8, 4) is 11.5 Å². The van der Waals surface area contributed by atoms with E-state index in [0.29, 0.717) is 12.6 Å². The Morgan fingerprint density at radius 1 is 1.19 bits per heavy atom. The van der Waals surface area contributed by atoms with E-state index in [-0.39, 0.29) is 11.3 Å². The highest BCUT2D eigenvalue weighted by atomic mass is 16.5. The minimum atomic E-state index is -0.311. The number of aliphatic imine (C=N–C) groups is 1. The van der Waals surface area contributed by atoms with Crippen LogP contribution in [0.25, 0.3) is 0 Å². The van der Waals surface area contributed by atoms with E-state index >= 15 is 0 Å². The predicted molar refractivity (Wildman–Crippen MR) is 127 cm³/mol. The van der Waals surface area contributed by atoms with Crippen molar-refractivity contribution in [2.75, 3.05) is 55.0 Å². The zero-order valence-electron chi connectivity index (χ0n) is 20.2. The van der Waals surface area contributed by atoms with Crippen molar-refractivity contribution in [1.29, 1.82) is 0 Å². The molecule has 1 aliphatic heterocycles. The van der Waals surface area contributed by atoms with E-state index in [9.17, 15) is 4.79 Å². The van der Waals surface area contributed by atoms with Gasteiger partial charge in [-0.3, -0.25) is 14.7 Å². The second-order valence-electron chi connectivity index (χ2n) is 9.20. The molecule has 1 aromatic rings. The van der Waals surface area contributed by atoms with E-state index in [0.717, 1.165) is 69.2 Å². The van der Waals surface area contributed by atoms with Crippen LogP contribution in [0.3, 0.4) is 0 Å². The molecule has 1 aromatic carbocycles. The maximum atomic E-state index is 12.8. The van der Waals surface area contributed by atoms with Gasteiger partial charge in [0.05, 0.1) is 19.6 Å². The van der Waals surface area contributed by atoms with Crippen molar-refractivity contribution in [3.63, 3.8) is 0 Å². The number of likely N-dealkylation sites (tertiary alicyclic amines) is 1. The first-order chi connectivity index (χ1) is 15.4. The molecule has 32 heavy (non-hydrogen) atoms. The number of guanidine groups is 1. The molecule has 8 heteroatoms. The van der Waals surface area contributed by atoms with Crippen LogP contribution < -0.4 is 20.1 Å². The fourth-order valence-corrected chi connectivity index (χ4v) is 4.94. The fourth-order valence-electron chi connectivity index (χ4n) is 4.94. The third kappa shape index (κ3) is 5.85. The first kappa shape index (κ1) is 24.2. The molecule has 2 N–H and O–H groups in total.